The minimum absolute atomic E-state index is 0.272. The van der Waals surface area contributed by atoms with Gasteiger partial charge in [0.2, 0.25) is 0 Å². The highest BCUT2D eigenvalue weighted by Crippen LogP contribution is 2.38. The second-order valence-electron chi connectivity index (χ2n) is 13.6. The van der Waals surface area contributed by atoms with Crippen molar-refractivity contribution in [3.63, 3.8) is 0 Å². The topological polar surface area (TPSA) is 35.6 Å². The van der Waals surface area contributed by atoms with E-state index >= 15 is 0 Å². The number of para-hydroxylation sites is 4. The Kier molecular flexibility index (Phi) is 7.89. The fraction of sp³-hybridized carbons (Fsp3) is 0.209. The van der Waals surface area contributed by atoms with Crippen molar-refractivity contribution in [2.24, 2.45) is 0 Å². The lowest BCUT2D eigenvalue weighted by Crippen LogP contribution is -2.19. The summed E-state index contributed by atoms with van der Waals surface area (Å²) in [6, 6.07) is 43.4. The van der Waals surface area contributed by atoms with Crippen molar-refractivity contribution in [1.82, 2.24) is 19.1 Å². The van der Waals surface area contributed by atoms with Crippen molar-refractivity contribution in [1.29, 1.82) is 0 Å². The Bertz CT molecular complexity index is 2150. The van der Waals surface area contributed by atoms with Crippen LogP contribution in [0.15, 0.2) is 134 Å². The number of nitrogens with zero attached hydrogens (tertiary/aromatic N) is 4. The number of hydrogen-bond acceptors (Lipinski definition) is 2. The van der Waals surface area contributed by atoms with Crippen LogP contribution in [0.4, 0.5) is 0 Å². The molecule has 4 heteroatoms. The summed E-state index contributed by atoms with van der Waals surface area (Å²) in [7, 11) is 0. The van der Waals surface area contributed by atoms with Crippen LogP contribution in [0.5, 0.6) is 0 Å². The normalized spacial score (nSPS) is 12.0. The van der Waals surface area contributed by atoms with Crippen LogP contribution in [0.25, 0.3) is 45.2 Å². The van der Waals surface area contributed by atoms with Crippen LogP contribution in [0.3, 0.4) is 0 Å². The maximum Gasteiger partial charge on any atom is 0.145 e. The molecule has 2 heterocycles. The van der Waals surface area contributed by atoms with E-state index < -0.39 is 0 Å². The lowest BCUT2D eigenvalue weighted by molar-refractivity contribution is 0.641. The third-order valence-corrected chi connectivity index (χ3v) is 9.48. The molecule has 0 unspecified atom stereocenters. The molecule has 0 saturated heterocycles. The number of rotatable bonds is 8. The van der Waals surface area contributed by atoms with Gasteiger partial charge in [0.25, 0.3) is 0 Å². The molecule has 2 aromatic heterocycles. The van der Waals surface area contributed by atoms with Crippen LogP contribution in [-0.2, 0) is 5.41 Å². The average Bonchev–Trinajstić information content (AvgIpc) is 3.74. The average molecular weight is 615 g/mol. The van der Waals surface area contributed by atoms with Crippen LogP contribution in [0.1, 0.15) is 75.6 Å². The summed E-state index contributed by atoms with van der Waals surface area (Å²) < 4.78 is 4.56. The van der Waals surface area contributed by atoms with Crippen LogP contribution >= 0.6 is 0 Å². The van der Waals surface area contributed by atoms with Crippen molar-refractivity contribution in [3.8, 4) is 34.2 Å². The Labute approximate surface area is 278 Å². The van der Waals surface area contributed by atoms with Crippen LogP contribution < -0.4 is 0 Å². The molecule has 0 N–H and O–H groups in total. The van der Waals surface area contributed by atoms with Gasteiger partial charge in [-0.1, -0.05) is 126 Å². The Morgan fingerprint density at radius 2 is 1.17 bits per heavy atom. The summed E-state index contributed by atoms with van der Waals surface area (Å²) in [6.07, 6.45) is 4.04. The largest absolute Gasteiger partial charge is 0.299 e. The Morgan fingerprint density at radius 1 is 0.596 bits per heavy atom. The predicted octanol–water partition coefficient (Wildman–Crippen LogP) is 11.1. The molecule has 7 rings (SSSR count). The molecule has 0 saturated carbocycles. The van der Waals surface area contributed by atoms with Gasteiger partial charge in [0.1, 0.15) is 11.6 Å². The second-order valence-corrected chi connectivity index (χ2v) is 13.6. The van der Waals surface area contributed by atoms with Crippen molar-refractivity contribution in [2.75, 3.05) is 0 Å². The molecular formula is C43H42N4. The molecule has 7 aromatic rings. The first kappa shape index (κ1) is 30.4. The standard InChI is InChI=1S/C43H42N4/c1-29(2)36-21-14-22-37(30(3)4)40(36)46-26-25-44-41(46)31-15-12-17-33(27-31)43(5,6)34-18-13-16-32(28-34)42-45-38-23-10-11-24-39(38)47(42)35-19-8-7-9-20-35/h7-30H,1-6H3. The molecule has 0 atom stereocenters. The van der Waals surface area contributed by atoms with E-state index in [9.17, 15) is 0 Å². The second kappa shape index (κ2) is 12.2. The van der Waals surface area contributed by atoms with E-state index in [0.717, 1.165) is 39.5 Å². The van der Waals surface area contributed by atoms with Gasteiger partial charge in [0.05, 0.1) is 16.7 Å². The monoisotopic (exact) mass is 614 g/mol. The fourth-order valence-corrected chi connectivity index (χ4v) is 6.81. The van der Waals surface area contributed by atoms with E-state index in [-0.39, 0.29) is 5.41 Å². The van der Waals surface area contributed by atoms with Gasteiger partial charge >= 0.3 is 0 Å². The molecule has 234 valence electrons. The highest BCUT2D eigenvalue weighted by Gasteiger charge is 2.26. The maximum absolute atomic E-state index is 5.13. The number of imidazole rings is 2. The lowest BCUT2D eigenvalue weighted by Gasteiger charge is -2.27. The van der Waals surface area contributed by atoms with Gasteiger partial charge in [-0.3, -0.25) is 9.13 Å². The minimum Gasteiger partial charge on any atom is -0.299 e. The summed E-state index contributed by atoms with van der Waals surface area (Å²) >= 11 is 0. The van der Waals surface area contributed by atoms with Gasteiger partial charge in [-0.05, 0) is 70.5 Å². The SMILES string of the molecule is CC(C)c1cccc(C(C)C)c1-n1ccnc1-c1cccc(C(C)(C)c2cccc(-c3nc4ccccc4n3-c3ccccc3)c2)c1. The smallest absolute Gasteiger partial charge is 0.145 e. The molecule has 0 radical (unpaired) electrons. The summed E-state index contributed by atoms with van der Waals surface area (Å²) in [6.45, 7) is 13.7. The zero-order valence-electron chi connectivity index (χ0n) is 28.1. The summed E-state index contributed by atoms with van der Waals surface area (Å²) in [5.74, 6) is 2.69. The Hall–Kier alpha value is -5.22. The molecule has 0 spiro atoms. The molecule has 5 aromatic carbocycles. The molecule has 0 aliphatic carbocycles. The van der Waals surface area contributed by atoms with Gasteiger partial charge < -0.3 is 0 Å². The van der Waals surface area contributed by atoms with Gasteiger partial charge in [0, 0.05) is 34.6 Å². The quantitative estimate of drug-likeness (QED) is 0.171. The van der Waals surface area contributed by atoms with E-state index in [1.807, 2.05) is 6.20 Å². The van der Waals surface area contributed by atoms with Crippen molar-refractivity contribution < 1.29 is 0 Å². The van der Waals surface area contributed by atoms with Crippen LogP contribution in [-0.4, -0.2) is 19.1 Å². The minimum atomic E-state index is -0.272. The number of benzene rings is 5. The first-order chi connectivity index (χ1) is 22.7. The summed E-state index contributed by atoms with van der Waals surface area (Å²) in [4.78, 5) is 10.1. The lowest BCUT2D eigenvalue weighted by atomic mass is 9.77. The molecule has 0 bridgehead atoms. The number of hydrogen-bond donors (Lipinski definition) is 0. The van der Waals surface area contributed by atoms with Crippen molar-refractivity contribution >= 4 is 11.0 Å². The molecule has 0 fully saturated rings. The Balaban J connectivity index is 1.31. The van der Waals surface area contributed by atoms with Crippen LogP contribution in [0.2, 0.25) is 0 Å². The van der Waals surface area contributed by atoms with Gasteiger partial charge in [-0.25, -0.2) is 9.97 Å². The molecule has 0 amide bonds. The highest BCUT2D eigenvalue weighted by atomic mass is 15.1. The van der Waals surface area contributed by atoms with Gasteiger partial charge in [-0.15, -0.1) is 0 Å². The fourth-order valence-electron chi connectivity index (χ4n) is 6.81. The molecule has 0 aliphatic heterocycles. The third-order valence-electron chi connectivity index (χ3n) is 9.48. The Morgan fingerprint density at radius 3 is 1.81 bits per heavy atom. The molecule has 47 heavy (non-hydrogen) atoms. The first-order valence-electron chi connectivity index (χ1n) is 16.7. The van der Waals surface area contributed by atoms with Crippen molar-refractivity contribution in [2.45, 2.75) is 58.8 Å². The van der Waals surface area contributed by atoms with E-state index in [1.54, 1.807) is 0 Å². The zero-order valence-corrected chi connectivity index (χ0v) is 28.1. The number of fused-ring (bicyclic) bond motifs is 1. The van der Waals surface area contributed by atoms with E-state index in [0.29, 0.717) is 11.8 Å². The van der Waals surface area contributed by atoms with E-state index in [1.165, 1.54) is 27.9 Å². The maximum atomic E-state index is 5.13. The summed E-state index contributed by atoms with van der Waals surface area (Å²) in [5, 5.41) is 0. The zero-order chi connectivity index (χ0) is 32.7. The molecule has 4 nitrogen and oxygen atoms in total. The van der Waals surface area contributed by atoms with Gasteiger partial charge in [0.15, 0.2) is 0 Å². The highest BCUT2D eigenvalue weighted by molar-refractivity contribution is 5.83. The molecule has 0 aliphatic rings. The molecular weight excluding hydrogens is 573 g/mol. The van der Waals surface area contributed by atoms with E-state index in [2.05, 4.69) is 178 Å². The number of aromatic nitrogens is 4. The predicted molar refractivity (Wildman–Crippen MR) is 196 cm³/mol. The summed E-state index contributed by atoms with van der Waals surface area (Å²) in [5.41, 5.74) is 11.5. The van der Waals surface area contributed by atoms with E-state index in [4.69, 9.17) is 9.97 Å². The first-order valence-corrected chi connectivity index (χ1v) is 16.7. The van der Waals surface area contributed by atoms with Gasteiger partial charge in [-0.2, -0.15) is 0 Å². The van der Waals surface area contributed by atoms with Crippen LogP contribution in [0, 0.1) is 0 Å². The third kappa shape index (κ3) is 5.48. The van der Waals surface area contributed by atoms with Crippen molar-refractivity contribution in [3.05, 3.63) is 156 Å².